The molecule has 5 heteroatoms. The third-order valence-electron chi connectivity index (χ3n) is 3.90. The van der Waals surface area contributed by atoms with Crippen LogP contribution >= 0.6 is 0 Å². The van der Waals surface area contributed by atoms with E-state index in [9.17, 15) is 4.79 Å². The minimum absolute atomic E-state index is 0.0636. The number of aromatic nitrogens is 3. The average molecular weight is 284 g/mol. The van der Waals surface area contributed by atoms with Gasteiger partial charge < -0.3 is 9.88 Å². The van der Waals surface area contributed by atoms with Gasteiger partial charge in [-0.2, -0.15) is 0 Å². The third-order valence-corrected chi connectivity index (χ3v) is 3.90. The molecule has 2 heterocycles. The first-order valence-electron chi connectivity index (χ1n) is 7.38. The van der Waals surface area contributed by atoms with E-state index in [1.165, 1.54) is 18.7 Å². The van der Waals surface area contributed by atoms with Crippen LogP contribution in [0.1, 0.15) is 46.3 Å². The lowest BCUT2D eigenvalue weighted by Gasteiger charge is -2.11. The Balaban J connectivity index is 1.60. The molecule has 0 saturated heterocycles. The Morgan fingerprint density at radius 3 is 2.90 bits per heavy atom. The second kappa shape index (κ2) is 5.68. The highest BCUT2D eigenvalue weighted by molar-refractivity contribution is 5.95. The van der Waals surface area contributed by atoms with Crippen molar-refractivity contribution >= 4 is 5.91 Å². The molecule has 1 fully saturated rings. The zero-order chi connectivity index (χ0) is 14.8. The monoisotopic (exact) mass is 284 g/mol. The molecule has 0 aliphatic heterocycles. The number of aryl methyl sites for hydroxylation is 2. The second-order valence-electron chi connectivity index (χ2n) is 5.58. The Labute approximate surface area is 124 Å². The Kier molecular flexibility index (Phi) is 3.73. The van der Waals surface area contributed by atoms with Gasteiger partial charge in [0.05, 0.1) is 5.56 Å². The van der Waals surface area contributed by atoms with Gasteiger partial charge in [-0.15, -0.1) is 0 Å². The van der Waals surface area contributed by atoms with Crippen molar-refractivity contribution in [2.45, 2.75) is 39.2 Å². The highest BCUT2D eigenvalue weighted by Crippen LogP contribution is 2.39. The summed E-state index contributed by atoms with van der Waals surface area (Å²) in [5, 5.41) is 2.96. The number of carbonyl (C=O) groups excluding carboxylic acids is 1. The topological polar surface area (TPSA) is 59.8 Å². The molecule has 21 heavy (non-hydrogen) atoms. The summed E-state index contributed by atoms with van der Waals surface area (Å²) >= 11 is 0. The number of nitrogens with one attached hydrogen (secondary N) is 1. The minimum atomic E-state index is -0.0636. The fourth-order valence-electron chi connectivity index (χ4n) is 2.54. The summed E-state index contributed by atoms with van der Waals surface area (Å²) in [6, 6.07) is 3.59. The largest absolute Gasteiger partial charge is 0.350 e. The standard InChI is InChI=1S/C16H20N4O/c1-11-10-19-15(13-5-6-13)20(11)9-8-18-16(21)14-4-3-7-17-12(14)2/h3-4,7,10,13H,5-6,8-9H2,1-2H3,(H,18,21). The molecule has 0 bridgehead atoms. The van der Waals surface area contributed by atoms with Crippen LogP contribution in [0.15, 0.2) is 24.5 Å². The molecule has 0 radical (unpaired) electrons. The van der Waals surface area contributed by atoms with Gasteiger partial charge in [-0.25, -0.2) is 4.98 Å². The van der Waals surface area contributed by atoms with Crippen LogP contribution in [0.5, 0.6) is 0 Å². The van der Waals surface area contributed by atoms with Crippen molar-refractivity contribution in [2.75, 3.05) is 6.54 Å². The van der Waals surface area contributed by atoms with E-state index < -0.39 is 0 Å². The molecule has 1 aliphatic carbocycles. The van der Waals surface area contributed by atoms with Crippen LogP contribution in [0.2, 0.25) is 0 Å². The van der Waals surface area contributed by atoms with E-state index in [1.54, 1.807) is 18.3 Å². The van der Waals surface area contributed by atoms with E-state index in [4.69, 9.17) is 0 Å². The number of pyridine rings is 1. The maximum absolute atomic E-state index is 12.1. The van der Waals surface area contributed by atoms with Gasteiger partial charge in [-0.3, -0.25) is 9.78 Å². The lowest BCUT2D eigenvalue weighted by Crippen LogP contribution is -2.28. The predicted molar refractivity (Wildman–Crippen MR) is 80.2 cm³/mol. The van der Waals surface area contributed by atoms with Crippen LogP contribution in [-0.4, -0.2) is 27.0 Å². The second-order valence-corrected chi connectivity index (χ2v) is 5.58. The van der Waals surface area contributed by atoms with Crippen LogP contribution in [0.25, 0.3) is 0 Å². The van der Waals surface area contributed by atoms with Crippen LogP contribution in [-0.2, 0) is 6.54 Å². The van der Waals surface area contributed by atoms with Gasteiger partial charge >= 0.3 is 0 Å². The van der Waals surface area contributed by atoms with E-state index in [1.807, 2.05) is 13.1 Å². The molecule has 0 spiro atoms. The van der Waals surface area contributed by atoms with Gasteiger partial charge in [0, 0.05) is 42.8 Å². The summed E-state index contributed by atoms with van der Waals surface area (Å²) < 4.78 is 2.22. The van der Waals surface area contributed by atoms with Crippen LogP contribution in [0, 0.1) is 13.8 Å². The van der Waals surface area contributed by atoms with Gasteiger partial charge in [-0.05, 0) is 38.8 Å². The molecule has 0 unspecified atom stereocenters. The van der Waals surface area contributed by atoms with Gasteiger partial charge in [0.1, 0.15) is 5.82 Å². The van der Waals surface area contributed by atoms with E-state index in [0.29, 0.717) is 18.0 Å². The fourth-order valence-corrected chi connectivity index (χ4v) is 2.54. The molecule has 5 nitrogen and oxygen atoms in total. The quantitative estimate of drug-likeness (QED) is 0.915. The van der Waals surface area contributed by atoms with Gasteiger partial charge in [0.25, 0.3) is 5.91 Å². The number of nitrogens with zero attached hydrogens (tertiary/aromatic N) is 3. The molecule has 1 N–H and O–H groups in total. The molecular weight excluding hydrogens is 264 g/mol. The zero-order valence-electron chi connectivity index (χ0n) is 12.5. The minimum Gasteiger partial charge on any atom is -0.350 e. The molecule has 1 amide bonds. The lowest BCUT2D eigenvalue weighted by molar-refractivity contribution is 0.0951. The summed E-state index contributed by atoms with van der Waals surface area (Å²) in [5.41, 5.74) is 2.55. The number of carbonyl (C=O) groups is 1. The fraction of sp³-hybridized carbons (Fsp3) is 0.438. The van der Waals surface area contributed by atoms with Crippen molar-refractivity contribution < 1.29 is 4.79 Å². The predicted octanol–water partition coefficient (Wildman–Crippen LogP) is 2.20. The van der Waals surface area contributed by atoms with Crippen molar-refractivity contribution in [3.8, 4) is 0 Å². The Morgan fingerprint density at radius 2 is 2.19 bits per heavy atom. The molecule has 0 aromatic carbocycles. The molecule has 3 rings (SSSR count). The zero-order valence-corrected chi connectivity index (χ0v) is 12.5. The normalized spacial score (nSPS) is 14.2. The first-order valence-corrected chi connectivity index (χ1v) is 7.38. The number of rotatable bonds is 5. The summed E-state index contributed by atoms with van der Waals surface area (Å²) in [5.74, 6) is 1.72. The van der Waals surface area contributed by atoms with Gasteiger partial charge in [-0.1, -0.05) is 0 Å². The highest BCUT2D eigenvalue weighted by atomic mass is 16.1. The molecule has 2 aromatic heterocycles. The number of imidazole rings is 1. The molecule has 110 valence electrons. The lowest BCUT2D eigenvalue weighted by atomic mass is 10.2. The molecular formula is C16H20N4O. The van der Waals surface area contributed by atoms with Crippen LogP contribution in [0.3, 0.4) is 0 Å². The van der Waals surface area contributed by atoms with Crippen LogP contribution < -0.4 is 5.32 Å². The number of hydrogen-bond donors (Lipinski definition) is 1. The van der Waals surface area contributed by atoms with E-state index in [-0.39, 0.29) is 5.91 Å². The summed E-state index contributed by atoms with van der Waals surface area (Å²) in [4.78, 5) is 20.8. The van der Waals surface area contributed by atoms with Crippen molar-refractivity contribution in [2.24, 2.45) is 0 Å². The maximum atomic E-state index is 12.1. The van der Waals surface area contributed by atoms with Crippen molar-refractivity contribution in [1.29, 1.82) is 0 Å². The van der Waals surface area contributed by atoms with Crippen molar-refractivity contribution in [1.82, 2.24) is 19.9 Å². The molecule has 0 atom stereocenters. The first-order chi connectivity index (χ1) is 10.2. The molecule has 1 saturated carbocycles. The Morgan fingerprint density at radius 1 is 1.38 bits per heavy atom. The van der Waals surface area contributed by atoms with Gasteiger partial charge in [0.2, 0.25) is 0 Å². The van der Waals surface area contributed by atoms with Crippen molar-refractivity contribution in [3.63, 3.8) is 0 Å². The third kappa shape index (κ3) is 2.96. The summed E-state index contributed by atoms with van der Waals surface area (Å²) in [7, 11) is 0. The van der Waals surface area contributed by atoms with E-state index in [0.717, 1.165) is 17.9 Å². The van der Waals surface area contributed by atoms with Gasteiger partial charge in [0.15, 0.2) is 0 Å². The first kappa shape index (κ1) is 13.8. The maximum Gasteiger partial charge on any atom is 0.253 e. The Bertz CT molecular complexity index is 658. The molecule has 2 aromatic rings. The smallest absolute Gasteiger partial charge is 0.253 e. The number of hydrogen-bond acceptors (Lipinski definition) is 3. The average Bonchev–Trinajstić information content (AvgIpc) is 3.25. The van der Waals surface area contributed by atoms with Crippen molar-refractivity contribution in [3.05, 3.63) is 47.3 Å². The van der Waals surface area contributed by atoms with E-state index >= 15 is 0 Å². The summed E-state index contributed by atoms with van der Waals surface area (Å²) in [6.07, 6.45) is 6.08. The van der Waals surface area contributed by atoms with Crippen LogP contribution in [0.4, 0.5) is 0 Å². The highest BCUT2D eigenvalue weighted by Gasteiger charge is 2.28. The SMILES string of the molecule is Cc1ncccc1C(=O)NCCn1c(C)cnc1C1CC1. The molecule has 1 aliphatic rings. The Hall–Kier alpha value is -2.17. The number of amides is 1. The summed E-state index contributed by atoms with van der Waals surface area (Å²) in [6.45, 7) is 5.28. The van der Waals surface area contributed by atoms with E-state index in [2.05, 4.69) is 26.8 Å².